The summed E-state index contributed by atoms with van der Waals surface area (Å²) in [5, 5.41) is 0. The second-order valence-electron chi connectivity index (χ2n) is 1.03. The van der Waals surface area contributed by atoms with Crippen molar-refractivity contribution in [3.05, 3.63) is 0 Å². The molecule has 0 amide bonds. The topological polar surface area (TPSA) is 121 Å². The molecule has 0 saturated carbocycles. The van der Waals surface area contributed by atoms with E-state index in [9.17, 15) is 0 Å². The van der Waals surface area contributed by atoms with Gasteiger partial charge >= 0.3 is 64.8 Å². The van der Waals surface area contributed by atoms with Crippen LogP contribution in [0.2, 0.25) is 0 Å². The Morgan fingerprint density at radius 2 is 0.615 bits per heavy atom. The summed E-state index contributed by atoms with van der Waals surface area (Å²) in [4.78, 5) is 45.3. The third-order valence-corrected chi connectivity index (χ3v) is 0. The molecule has 0 aliphatic heterocycles. The van der Waals surface area contributed by atoms with Gasteiger partial charge in [-0.05, 0) is 23.6 Å². The van der Waals surface area contributed by atoms with E-state index in [0.717, 1.165) is 0 Å². The Kier molecular flexibility index (Phi) is 29.1. The maximum absolute atomic E-state index is 7.56. The molecule has 13 heavy (non-hydrogen) atoms. The van der Waals surface area contributed by atoms with Crippen LogP contribution in [0.25, 0.3) is 0 Å². The maximum atomic E-state index is 7.56. The van der Waals surface area contributed by atoms with E-state index >= 15 is 0 Å². The Hall–Kier alpha value is 2.70. The second kappa shape index (κ2) is 12.8. The van der Waals surface area contributed by atoms with Crippen LogP contribution in [0.4, 0.5) is 0 Å². The minimum atomic E-state index is -3.81. The van der Waals surface area contributed by atoms with Crippen LogP contribution >= 0.6 is 13.4 Å². The van der Waals surface area contributed by atoms with Crippen LogP contribution in [0.3, 0.4) is 0 Å². The van der Waals surface area contributed by atoms with E-state index in [-0.39, 0.29) is 66.2 Å². The molecule has 0 aliphatic rings. The molecule has 0 aliphatic carbocycles. The van der Waals surface area contributed by atoms with Crippen molar-refractivity contribution < 1.29 is 29.4 Å². The predicted octanol–water partition coefficient (Wildman–Crippen LogP) is -1.00. The molecule has 0 atom stereocenters. The Balaban J connectivity index is -0.0000000267. The van der Waals surface area contributed by atoms with Gasteiger partial charge in [0.15, 0.2) is 0 Å². The first-order chi connectivity index (χ1) is 4.00. The van der Waals surface area contributed by atoms with Gasteiger partial charge in [-0.15, -0.1) is 0 Å². The summed E-state index contributed by atoms with van der Waals surface area (Å²) in [6.07, 6.45) is 0. The van der Waals surface area contributed by atoms with Crippen LogP contribution in [0, 0.1) is 0 Å². The van der Waals surface area contributed by atoms with Gasteiger partial charge in [-0.2, -0.15) is 0 Å². The second-order valence-corrected chi connectivity index (χ2v) is 6.02. The molecule has 0 heterocycles. The first-order valence-corrected chi connectivity index (χ1v) is 6.89. The summed E-state index contributed by atoms with van der Waals surface area (Å²) in [6.45, 7) is -7.61. The summed E-state index contributed by atoms with van der Waals surface area (Å²) in [6, 6.07) is 0. The van der Waals surface area contributed by atoms with Crippen molar-refractivity contribution in [1.29, 1.82) is 0 Å². The fourth-order valence-electron chi connectivity index (χ4n) is 0. The third kappa shape index (κ3) is 326. The standard InChI is InChI=1S/2CH4.K.2H3O3PS.H/c;;;2*1-4(2,3)5;/h2*1H4;;2*(H3,1,2,3,5);. The van der Waals surface area contributed by atoms with Crippen molar-refractivity contribution in [2.24, 2.45) is 0 Å². The summed E-state index contributed by atoms with van der Waals surface area (Å²) in [5.41, 5.74) is 0. The van der Waals surface area contributed by atoms with Gasteiger partial charge in [-0.3, -0.25) is 0 Å². The molecule has 82 valence electrons. The number of hydrogen-bond acceptors (Lipinski definition) is 2. The van der Waals surface area contributed by atoms with Crippen molar-refractivity contribution in [3.63, 3.8) is 0 Å². The molecule has 6 N–H and O–H groups in total. The van der Waals surface area contributed by atoms with Crippen molar-refractivity contribution in [2.75, 3.05) is 0 Å². The number of hydrogen-bond donors (Lipinski definition) is 6. The Morgan fingerprint density at radius 3 is 0.615 bits per heavy atom. The zero-order chi connectivity index (χ0) is 9.00. The van der Waals surface area contributed by atoms with Crippen LogP contribution in [0.1, 0.15) is 14.9 Å². The zero-order valence-corrected chi connectivity index (χ0v) is 7.82. The van der Waals surface area contributed by atoms with Crippen LogP contribution in [0.15, 0.2) is 0 Å². The van der Waals surface area contributed by atoms with Crippen LogP contribution in [-0.2, 0) is 23.6 Å². The Morgan fingerprint density at radius 1 is 0.615 bits per heavy atom. The third-order valence-electron chi connectivity index (χ3n) is 0. The first kappa shape index (κ1) is 29.6. The van der Waals surface area contributed by atoms with E-state index in [1.807, 2.05) is 0 Å². The minimum absolute atomic E-state index is 0. The monoisotopic (exact) mass is 300 g/mol. The van der Waals surface area contributed by atoms with E-state index in [4.69, 9.17) is 29.4 Å². The molecule has 0 spiro atoms. The molecule has 0 aromatic rings. The van der Waals surface area contributed by atoms with Crippen LogP contribution in [0.5, 0.6) is 0 Å². The molecular weight excluding hydrogens is 285 g/mol. The van der Waals surface area contributed by atoms with Crippen LogP contribution in [-0.4, -0.2) is 80.7 Å². The molecule has 0 fully saturated rings. The van der Waals surface area contributed by atoms with Gasteiger partial charge in [0.2, 0.25) is 0 Å². The number of rotatable bonds is 0. The van der Waals surface area contributed by atoms with Gasteiger partial charge in [-0.25, -0.2) is 0 Å². The molecule has 0 aromatic heterocycles. The molecule has 0 saturated heterocycles. The van der Waals surface area contributed by atoms with E-state index in [1.54, 1.807) is 0 Å². The Bertz CT molecular complexity index is 139. The summed E-state index contributed by atoms with van der Waals surface area (Å²) < 4.78 is 0. The molecule has 11 heteroatoms. The average molecular weight is 300 g/mol. The molecule has 0 radical (unpaired) electrons. The van der Waals surface area contributed by atoms with E-state index in [0.29, 0.717) is 0 Å². The summed E-state index contributed by atoms with van der Waals surface area (Å²) in [7, 11) is 0. The fourth-order valence-corrected chi connectivity index (χ4v) is 0. The average Bonchev–Trinajstić information content (AvgIpc) is 1.12. The summed E-state index contributed by atoms with van der Waals surface area (Å²) >= 11 is 7.21. The zero-order valence-electron chi connectivity index (χ0n) is 4.39. The molecule has 0 rings (SSSR count). The van der Waals surface area contributed by atoms with E-state index < -0.39 is 13.4 Å². The van der Waals surface area contributed by atoms with Crippen molar-refractivity contribution in [3.8, 4) is 0 Å². The van der Waals surface area contributed by atoms with Crippen LogP contribution < -0.4 is 0 Å². The molecule has 6 nitrogen and oxygen atoms in total. The van der Waals surface area contributed by atoms with Gasteiger partial charge in [-0.1, -0.05) is 14.9 Å². The summed E-state index contributed by atoms with van der Waals surface area (Å²) in [5.74, 6) is 0. The van der Waals surface area contributed by atoms with Gasteiger partial charge in [0.1, 0.15) is 0 Å². The van der Waals surface area contributed by atoms with Crippen molar-refractivity contribution in [2.45, 2.75) is 14.9 Å². The Labute approximate surface area is 131 Å². The SMILES string of the molecule is C.C.OP(O)(O)=S.OP(O)(O)=S.[KH]. The molecule has 0 unspecified atom stereocenters. The van der Waals surface area contributed by atoms with Crippen molar-refractivity contribution in [1.82, 2.24) is 0 Å². The normalized spacial score (nSPS) is 9.08. The van der Waals surface area contributed by atoms with Gasteiger partial charge in [0.25, 0.3) is 0 Å². The quantitative estimate of drug-likeness (QED) is 0.249. The van der Waals surface area contributed by atoms with Crippen molar-refractivity contribution >= 4 is 88.4 Å². The van der Waals surface area contributed by atoms with Gasteiger partial charge in [0.05, 0.1) is 0 Å². The van der Waals surface area contributed by atoms with Gasteiger partial charge in [0, 0.05) is 0 Å². The molecule has 0 aromatic carbocycles. The molecule has 0 bridgehead atoms. The first-order valence-electron chi connectivity index (χ1n) is 1.57. The predicted molar refractivity (Wildman–Crippen MR) is 62.5 cm³/mol. The van der Waals surface area contributed by atoms with E-state index in [2.05, 4.69) is 23.6 Å². The molecular formula is C2H15KO6P2S2. The van der Waals surface area contributed by atoms with E-state index in [1.165, 1.54) is 0 Å². The fraction of sp³-hybridized carbons (Fsp3) is 1.00. The van der Waals surface area contributed by atoms with Gasteiger partial charge < -0.3 is 29.4 Å².